The highest BCUT2D eigenvalue weighted by molar-refractivity contribution is 14.1. The summed E-state index contributed by atoms with van der Waals surface area (Å²) in [5, 5.41) is 10.7. The Kier molecular flexibility index (Phi) is 3.20. The number of nitrogens with zero attached hydrogens (tertiary/aromatic N) is 1. The number of nitrogens with one attached hydrogen (secondary N) is 2. The van der Waals surface area contributed by atoms with E-state index in [0.717, 1.165) is 20.2 Å². The molecular formula is C14H10IN3O. The highest BCUT2D eigenvalue weighted by atomic mass is 127. The molecule has 1 amide bonds. The first-order valence-electron chi connectivity index (χ1n) is 5.72. The molecule has 1 aromatic heterocycles. The van der Waals surface area contributed by atoms with Crippen LogP contribution in [0.4, 0.5) is 5.69 Å². The van der Waals surface area contributed by atoms with Gasteiger partial charge in [-0.3, -0.25) is 9.89 Å². The number of hydrogen-bond donors (Lipinski definition) is 2. The zero-order chi connectivity index (χ0) is 13.2. The highest BCUT2D eigenvalue weighted by Crippen LogP contribution is 2.17. The molecule has 0 radical (unpaired) electrons. The van der Waals surface area contributed by atoms with E-state index < -0.39 is 0 Å². The molecule has 2 N–H and O–H groups in total. The lowest BCUT2D eigenvalue weighted by Gasteiger charge is -2.05. The Morgan fingerprint density at radius 1 is 1.21 bits per heavy atom. The molecule has 0 saturated carbocycles. The van der Waals surface area contributed by atoms with Crippen LogP contribution in [0.2, 0.25) is 0 Å². The van der Waals surface area contributed by atoms with Gasteiger partial charge in [0.2, 0.25) is 0 Å². The number of carbonyl (C=O) groups is 1. The lowest BCUT2D eigenvalue weighted by atomic mass is 10.2. The van der Waals surface area contributed by atoms with Gasteiger partial charge in [0.15, 0.2) is 0 Å². The average molecular weight is 363 g/mol. The van der Waals surface area contributed by atoms with E-state index in [-0.39, 0.29) is 5.91 Å². The van der Waals surface area contributed by atoms with Gasteiger partial charge in [0, 0.05) is 20.2 Å². The molecule has 0 aliphatic rings. The molecule has 0 atom stereocenters. The number of benzene rings is 2. The number of carbonyl (C=O) groups excluding carboxylic acids is 1. The average Bonchev–Trinajstić information content (AvgIpc) is 2.86. The minimum atomic E-state index is -0.114. The molecule has 5 heteroatoms. The number of amides is 1. The van der Waals surface area contributed by atoms with E-state index in [4.69, 9.17) is 0 Å². The largest absolute Gasteiger partial charge is 0.322 e. The monoisotopic (exact) mass is 363 g/mol. The quantitative estimate of drug-likeness (QED) is 0.686. The standard InChI is InChI=1S/C14H10IN3O/c15-11-3-1-2-9(6-11)14(19)17-12-5-4-10-8-16-18-13(10)7-12/h1-8H,(H,16,18)(H,17,19). The van der Waals surface area contributed by atoms with Crippen molar-refractivity contribution in [2.75, 3.05) is 5.32 Å². The van der Waals surface area contributed by atoms with E-state index in [1.165, 1.54) is 0 Å². The lowest BCUT2D eigenvalue weighted by molar-refractivity contribution is 0.102. The molecule has 2 aromatic carbocycles. The topological polar surface area (TPSA) is 57.8 Å². The second-order valence-electron chi connectivity index (χ2n) is 4.14. The van der Waals surface area contributed by atoms with Crippen molar-refractivity contribution < 1.29 is 4.79 Å². The molecule has 0 aliphatic heterocycles. The summed E-state index contributed by atoms with van der Waals surface area (Å²) in [6, 6.07) is 13.1. The van der Waals surface area contributed by atoms with E-state index in [2.05, 4.69) is 38.1 Å². The third-order valence-corrected chi connectivity index (χ3v) is 3.46. The number of rotatable bonds is 2. The van der Waals surface area contributed by atoms with Crippen LogP contribution in [-0.2, 0) is 0 Å². The van der Waals surface area contributed by atoms with Crippen LogP contribution in [0.25, 0.3) is 10.9 Å². The van der Waals surface area contributed by atoms with Gasteiger partial charge in [0.1, 0.15) is 0 Å². The third kappa shape index (κ3) is 2.60. The SMILES string of the molecule is O=C(Nc1ccc2cn[nH]c2c1)c1cccc(I)c1. The van der Waals surface area contributed by atoms with Crippen LogP contribution >= 0.6 is 22.6 Å². The van der Waals surface area contributed by atoms with Gasteiger partial charge < -0.3 is 5.32 Å². The Morgan fingerprint density at radius 2 is 2.11 bits per heavy atom. The van der Waals surface area contributed by atoms with Crippen LogP contribution in [0.5, 0.6) is 0 Å². The van der Waals surface area contributed by atoms with Gasteiger partial charge in [-0.15, -0.1) is 0 Å². The minimum Gasteiger partial charge on any atom is -0.322 e. The fourth-order valence-electron chi connectivity index (χ4n) is 1.85. The Labute approximate surface area is 123 Å². The van der Waals surface area contributed by atoms with Crippen molar-refractivity contribution in [3.63, 3.8) is 0 Å². The molecule has 4 nitrogen and oxygen atoms in total. The Hall–Kier alpha value is -1.89. The smallest absolute Gasteiger partial charge is 0.255 e. The summed E-state index contributed by atoms with van der Waals surface area (Å²) in [6.45, 7) is 0. The molecule has 0 saturated heterocycles. The van der Waals surface area contributed by atoms with Gasteiger partial charge in [0.25, 0.3) is 5.91 Å². The molecule has 0 unspecified atom stereocenters. The van der Waals surface area contributed by atoms with Crippen LogP contribution in [0.15, 0.2) is 48.7 Å². The van der Waals surface area contributed by atoms with Crippen molar-refractivity contribution in [3.05, 3.63) is 57.8 Å². The second-order valence-corrected chi connectivity index (χ2v) is 5.38. The normalized spacial score (nSPS) is 10.6. The maximum Gasteiger partial charge on any atom is 0.255 e. The van der Waals surface area contributed by atoms with Gasteiger partial charge in [-0.25, -0.2) is 0 Å². The van der Waals surface area contributed by atoms with Crippen LogP contribution in [0, 0.1) is 3.57 Å². The van der Waals surface area contributed by atoms with Crippen molar-refractivity contribution in [3.8, 4) is 0 Å². The zero-order valence-electron chi connectivity index (χ0n) is 9.85. The number of halogens is 1. The van der Waals surface area contributed by atoms with Crippen molar-refractivity contribution in [2.45, 2.75) is 0 Å². The van der Waals surface area contributed by atoms with Crippen LogP contribution in [-0.4, -0.2) is 16.1 Å². The predicted molar refractivity (Wildman–Crippen MR) is 83.2 cm³/mol. The summed E-state index contributed by atoms with van der Waals surface area (Å²) in [5.41, 5.74) is 2.30. The summed E-state index contributed by atoms with van der Waals surface area (Å²) in [7, 11) is 0. The Bertz CT molecular complexity index is 751. The van der Waals surface area contributed by atoms with Gasteiger partial charge in [-0.1, -0.05) is 6.07 Å². The van der Waals surface area contributed by atoms with E-state index in [0.29, 0.717) is 5.56 Å². The summed E-state index contributed by atoms with van der Waals surface area (Å²) in [4.78, 5) is 12.1. The molecule has 0 spiro atoms. The second kappa shape index (κ2) is 5.00. The highest BCUT2D eigenvalue weighted by Gasteiger charge is 2.07. The van der Waals surface area contributed by atoms with E-state index >= 15 is 0 Å². The van der Waals surface area contributed by atoms with Gasteiger partial charge >= 0.3 is 0 Å². The van der Waals surface area contributed by atoms with E-state index in [1.54, 1.807) is 12.3 Å². The van der Waals surface area contributed by atoms with Crippen molar-refractivity contribution >= 4 is 45.1 Å². The predicted octanol–water partition coefficient (Wildman–Crippen LogP) is 3.42. The summed E-state index contributed by atoms with van der Waals surface area (Å²) in [5.74, 6) is -0.114. The molecule has 1 heterocycles. The molecule has 0 fully saturated rings. The van der Waals surface area contributed by atoms with Crippen molar-refractivity contribution in [2.24, 2.45) is 0 Å². The molecule has 94 valence electrons. The molecular weight excluding hydrogens is 353 g/mol. The Balaban J connectivity index is 1.86. The van der Waals surface area contributed by atoms with Crippen molar-refractivity contribution in [1.29, 1.82) is 0 Å². The number of anilines is 1. The van der Waals surface area contributed by atoms with E-state index in [1.807, 2.05) is 36.4 Å². The molecule has 0 bridgehead atoms. The number of hydrogen-bond acceptors (Lipinski definition) is 2. The first kappa shape index (κ1) is 12.2. The number of fused-ring (bicyclic) bond motifs is 1. The fraction of sp³-hybridized carbons (Fsp3) is 0. The summed E-state index contributed by atoms with van der Waals surface area (Å²) >= 11 is 2.19. The molecule has 3 rings (SSSR count). The van der Waals surface area contributed by atoms with Gasteiger partial charge in [0.05, 0.1) is 11.7 Å². The van der Waals surface area contributed by atoms with Crippen LogP contribution in [0.1, 0.15) is 10.4 Å². The number of aromatic amines is 1. The van der Waals surface area contributed by atoms with Gasteiger partial charge in [-0.2, -0.15) is 5.10 Å². The first-order chi connectivity index (χ1) is 9.22. The van der Waals surface area contributed by atoms with Crippen LogP contribution < -0.4 is 5.32 Å². The zero-order valence-corrected chi connectivity index (χ0v) is 12.0. The van der Waals surface area contributed by atoms with Crippen molar-refractivity contribution in [1.82, 2.24) is 10.2 Å². The summed E-state index contributed by atoms with van der Waals surface area (Å²) < 4.78 is 1.04. The fourth-order valence-corrected chi connectivity index (χ4v) is 2.39. The van der Waals surface area contributed by atoms with Crippen LogP contribution in [0.3, 0.4) is 0 Å². The molecule has 0 aliphatic carbocycles. The first-order valence-corrected chi connectivity index (χ1v) is 6.80. The molecule has 3 aromatic rings. The maximum atomic E-state index is 12.1. The minimum absolute atomic E-state index is 0.114. The lowest BCUT2D eigenvalue weighted by Crippen LogP contribution is -2.11. The number of H-pyrrole nitrogens is 1. The maximum absolute atomic E-state index is 12.1. The molecule has 19 heavy (non-hydrogen) atoms. The Morgan fingerprint density at radius 3 is 2.95 bits per heavy atom. The third-order valence-electron chi connectivity index (χ3n) is 2.79. The summed E-state index contributed by atoms with van der Waals surface area (Å²) in [6.07, 6.45) is 1.75. The van der Waals surface area contributed by atoms with Gasteiger partial charge in [-0.05, 0) is 59.0 Å². The van der Waals surface area contributed by atoms with E-state index in [9.17, 15) is 4.79 Å². The number of aromatic nitrogens is 2.